The third-order valence-corrected chi connectivity index (χ3v) is 5.76. The van der Waals surface area contributed by atoms with Crippen molar-refractivity contribution in [2.24, 2.45) is 0 Å². The zero-order chi connectivity index (χ0) is 20.3. The van der Waals surface area contributed by atoms with Crippen LogP contribution < -0.4 is 10.0 Å². The van der Waals surface area contributed by atoms with Crippen LogP contribution in [0.4, 0.5) is 11.4 Å². The first-order valence-electron chi connectivity index (χ1n) is 7.93. The van der Waals surface area contributed by atoms with Gasteiger partial charge in [-0.1, -0.05) is 35.3 Å². The molecule has 1 amide bonds. The van der Waals surface area contributed by atoms with Crippen LogP contribution in [-0.2, 0) is 10.0 Å². The Kier molecular flexibility index (Phi) is 5.79. The predicted octanol–water partition coefficient (Wildman–Crippen LogP) is 4.75. The minimum absolute atomic E-state index is 0.0118. The summed E-state index contributed by atoms with van der Waals surface area (Å²) in [5, 5.41) is 12.3. The number of halogens is 2. The van der Waals surface area contributed by atoms with Crippen LogP contribution in [0.15, 0.2) is 71.6 Å². The van der Waals surface area contributed by atoms with Crippen molar-refractivity contribution >= 4 is 50.5 Å². The summed E-state index contributed by atoms with van der Waals surface area (Å²) in [6.45, 7) is 0. The van der Waals surface area contributed by atoms with Gasteiger partial charge in [0.2, 0.25) is 0 Å². The van der Waals surface area contributed by atoms with Crippen LogP contribution in [0.1, 0.15) is 10.4 Å². The molecule has 0 unspecified atom stereocenters. The molecule has 3 aromatic rings. The zero-order valence-electron chi connectivity index (χ0n) is 14.2. The van der Waals surface area contributed by atoms with Crippen molar-refractivity contribution in [3.63, 3.8) is 0 Å². The number of hydrogen-bond donors (Lipinski definition) is 3. The molecule has 3 rings (SSSR count). The Labute approximate surface area is 171 Å². The van der Waals surface area contributed by atoms with Crippen molar-refractivity contribution in [2.75, 3.05) is 10.0 Å². The largest absolute Gasteiger partial charge is 0.508 e. The maximum atomic E-state index is 12.6. The fourth-order valence-corrected chi connectivity index (χ4v) is 4.22. The monoisotopic (exact) mass is 436 g/mol. The first kappa shape index (κ1) is 20.0. The smallest absolute Gasteiger partial charge is 0.263 e. The van der Waals surface area contributed by atoms with Crippen LogP contribution in [-0.4, -0.2) is 19.4 Å². The summed E-state index contributed by atoms with van der Waals surface area (Å²) in [5.74, 6) is -0.454. The van der Waals surface area contributed by atoms with E-state index in [1.54, 1.807) is 12.1 Å². The molecule has 3 aromatic carbocycles. The second kappa shape index (κ2) is 8.10. The normalized spacial score (nSPS) is 11.1. The Bertz CT molecular complexity index is 1150. The molecule has 0 fully saturated rings. The first-order valence-corrected chi connectivity index (χ1v) is 10.2. The van der Waals surface area contributed by atoms with Gasteiger partial charge in [0.05, 0.1) is 5.02 Å². The molecular formula is C19H14Cl2N2O4S. The molecule has 0 aliphatic carbocycles. The third kappa shape index (κ3) is 4.75. The second-order valence-electron chi connectivity index (χ2n) is 5.77. The van der Waals surface area contributed by atoms with Gasteiger partial charge in [-0.05, 0) is 48.5 Å². The Balaban J connectivity index is 1.83. The van der Waals surface area contributed by atoms with Gasteiger partial charge in [0.15, 0.2) is 0 Å². The average molecular weight is 437 g/mol. The molecule has 0 radical (unpaired) electrons. The van der Waals surface area contributed by atoms with Crippen molar-refractivity contribution < 1.29 is 18.3 Å². The van der Waals surface area contributed by atoms with Gasteiger partial charge in [0.1, 0.15) is 10.6 Å². The molecular weight excluding hydrogens is 423 g/mol. The predicted molar refractivity (Wildman–Crippen MR) is 110 cm³/mol. The summed E-state index contributed by atoms with van der Waals surface area (Å²) in [6, 6.07) is 16.1. The number of carbonyl (C=O) groups excluding carboxylic acids is 1. The van der Waals surface area contributed by atoms with E-state index < -0.39 is 15.9 Å². The number of anilines is 2. The number of rotatable bonds is 5. The van der Waals surface area contributed by atoms with Gasteiger partial charge in [0, 0.05) is 28.0 Å². The molecule has 0 spiro atoms. The fraction of sp³-hybridized carbons (Fsp3) is 0. The van der Waals surface area contributed by atoms with Gasteiger partial charge < -0.3 is 10.4 Å². The third-order valence-electron chi connectivity index (χ3n) is 3.66. The van der Waals surface area contributed by atoms with Gasteiger partial charge in [0.25, 0.3) is 15.9 Å². The van der Waals surface area contributed by atoms with Gasteiger partial charge in [-0.2, -0.15) is 0 Å². The number of phenols is 1. The fourth-order valence-electron chi connectivity index (χ4n) is 2.40. The maximum Gasteiger partial charge on any atom is 0.263 e. The Morgan fingerprint density at radius 3 is 2.36 bits per heavy atom. The van der Waals surface area contributed by atoms with Crippen molar-refractivity contribution in [1.29, 1.82) is 0 Å². The standard InChI is InChI=1S/C19H14Cl2N2O4S/c20-13-7-8-17(21)18(10-13)28(26,27)23-15-5-1-3-12(9-15)19(25)22-14-4-2-6-16(24)11-14/h1-11,23-24H,(H,22,25). The molecule has 9 heteroatoms. The van der Waals surface area contributed by atoms with E-state index in [4.69, 9.17) is 23.2 Å². The van der Waals surface area contributed by atoms with Crippen LogP contribution in [0.5, 0.6) is 5.75 Å². The molecule has 3 N–H and O–H groups in total. The Hall–Kier alpha value is -2.74. The number of hydrogen-bond acceptors (Lipinski definition) is 4. The summed E-state index contributed by atoms with van der Waals surface area (Å²) in [6.07, 6.45) is 0. The van der Waals surface area contributed by atoms with Crippen molar-refractivity contribution in [2.45, 2.75) is 4.90 Å². The molecule has 28 heavy (non-hydrogen) atoms. The number of benzene rings is 3. The highest BCUT2D eigenvalue weighted by Gasteiger charge is 2.19. The number of carbonyl (C=O) groups is 1. The first-order chi connectivity index (χ1) is 13.2. The van der Waals surface area contributed by atoms with Crippen molar-refractivity contribution in [3.8, 4) is 5.75 Å². The highest BCUT2D eigenvalue weighted by molar-refractivity contribution is 7.92. The van der Waals surface area contributed by atoms with Crippen LogP contribution in [0.3, 0.4) is 0 Å². The van der Waals surface area contributed by atoms with Gasteiger partial charge in [-0.25, -0.2) is 8.42 Å². The quantitative estimate of drug-likeness (QED) is 0.537. The molecule has 0 aliphatic rings. The summed E-state index contributed by atoms with van der Waals surface area (Å²) in [4.78, 5) is 12.2. The summed E-state index contributed by atoms with van der Waals surface area (Å²) >= 11 is 11.8. The van der Waals surface area contributed by atoms with Crippen LogP contribution in [0.2, 0.25) is 10.0 Å². The summed E-state index contributed by atoms with van der Waals surface area (Å²) < 4.78 is 27.6. The van der Waals surface area contributed by atoms with E-state index in [1.807, 2.05) is 0 Å². The van der Waals surface area contributed by atoms with E-state index >= 15 is 0 Å². The van der Waals surface area contributed by atoms with Gasteiger partial charge in [-0.15, -0.1) is 0 Å². The number of phenolic OH excluding ortho intramolecular Hbond substituents is 1. The maximum absolute atomic E-state index is 12.6. The minimum Gasteiger partial charge on any atom is -0.508 e. The van der Waals surface area contributed by atoms with Crippen molar-refractivity contribution in [1.82, 2.24) is 0 Å². The SMILES string of the molecule is O=C(Nc1cccc(O)c1)c1cccc(NS(=O)(=O)c2cc(Cl)ccc2Cl)c1. The molecule has 144 valence electrons. The Morgan fingerprint density at radius 2 is 1.61 bits per heavy atom. The minimum atomic E-state index is -4.00. The molecule has 0 bridgehead atoms. The lowest BCUT2D eigenvalue weighted by molar-refractivity contribution is 0.102. The van der Waals surface area contributed by atoms with Crippen molar-refractivity contribution in [3.05, 3.63) is 82.3 Å². The molecule has 0 saturated heterocycles. The topological polar surface area (TPSA) is 95.5 Å². The zero-order valence-corrected chi connectivity index (χ0v) is 16.5. The van der Waals surface area contributed by atoms with Crippen LogP contribution in [0.25, 0.3) is 0 Å². The molecule has 0 aliphatic heterocycles. The highest BCUT2D eigenvalue weighted by atomic mass is 35.5. The molecule has 6 nitrogen and oxygen atoms in total. The summed E-state index contributed by atoms with van der Waals surface area (Å²) in [7, 11) is -4.00. The van der Waals surface area contributed by atoms with E-state index in [1.165, 1.54) is 54.6 Å². The number of nitrogens with one attached hydrogen (secondary N) is 2. The highest BCUT2D eigenvalue weighted by Crippen LogP contribution is 2.27. The second-order valence-corrected chi connectivity index (χ2v) is 8.26. The number of aromatic hydroxyl groups is 1. The summed E-state index contributed by atoms with van der Waals surface area (Å²) in [5.41, 5.74) is 0.807. The van der Waals surface area contributed by atoms with E-state index in [2.05, 4.69) is 10.0 Å². The van der Waals surface area contributed by atoms with E-state index in [0.29, 0.717) is 5.69 Å². The lowest BCUT2D eigenvalue weighted by Crippen LogP contribution is -2.15. The number of amides is 1. The van der Waals surface area contributed by atoms with Crippen LogP contribution in [0, 0.1) is 0 Å². The lowest BCUT2D eigenvalue weighted by atomic mass is 10.2. The van der Waals surface area contributed by atoms with Gasteiger partial charge in [-0.3, -0.25) is 9.52 Å². The molecule has 0 atom stereocenters. The van der Waals surface area contributed by atoms with E-state index in [9.17, 15) is 18.3 Å². The lowest BCUT2D eigenvalue weighted by Gasteiger charge is -2.11. The van der Waals surface area contributed by atoms with E-state index in [0.717, 1.165) is 0 Å². The van der Waals surface area contributed by atoms with E-state index in [-0.39, 0.29) is 31.9 Å². The Morgan fingerprint density at radius 1 is 0.893 bits per heavy atom. The molecule has 0 saturated carbocycles. The molecule has 0 aromatic heterocycles. The van der Waals surface area contributed by atoms with Crippen LogP contribution >= 0.6 is 23.2 Å². The average Bonchev–Trinajstić information content (AvgIpc) is 2.63. The number of sulfonamides is 1. The van der Waals surface area contributed by atoms with Gasteiger partial charge >= 0.3 is 0 Å². The molecule has 0 heterocycles.